The van der Waals surface area contributed by atoms with Gasteiger partial charge in [-0.15, -0.1) is 0 Å². The fourth-order valence-corrected chi connectivity index (χ4v) is 5.65. The van der Waals surface area contributed by atoms with Gasteiger partial charge in [-0.3, -0.25) is 9.59 Å². The minimum atomic E-state index is -3.70. The first kappa shape index (κ1) is 26.0. The standard InChI is InChI=1S/C24H30ClN3O5S/c1-4-28(5-2)34(31,32)20-12-13-22(33-3)21(15-20)26-23(29)18-7-6-14-27(16-18)24(30)17-8-10-19(25)11-9-17/h8-13,15,18H,4-7,14,16H2,1-3H3,(H,26,29)/t18-/m1/s1. The quantitative estimate of drug-likeness (QED) is 0.585. The SMILES string of the molecule is CCN(CC)S(=O)(=O)c1ccc(OC)c(NC(=O)[C@@H]2CCCN(C(=O)c3ccc(Cl)cc3)C2)c1. The molecule has 1 saturated heterocycles. The monoisotopic (exact) mass is 507 g/mol. The van der Waals surface area contributed by atoms with E-state index in [0.717, 1.165) is 0 Å². The van der Waals surface area contributed by atoms with Crippen LogP contribution in [-0.2, 0) is 14.8 Å². The number of methoxy groups -OCH3 is 1. The molecule has 34 heavy (non-hydrogen) atoms. The molecule has 1 aliphatic heterocycles. The average molecular weight is 508 g/mol. The Morgan fingerprint density at radius 2 is 1.82 bits per heavy atom. The van der Waals surface area contributed by atoms with Crippen LogP contribution in [-0.4, -0.2) is 62.7 Å². The van der Waals surface area contributed by atoms with Crippen LogP contribution in [0, 0.1) is 5.92 Å². The van der Waals surface area contributed by atoms with Crippen molar-refractivity contribution in [3.8, 4) is 5.75 Å². The number of amides is 2. The predicted octanol–water partition coefficient (Wildman–Crippen LogP) is 3.87. The molecule has 10 heteroatoms. The van der Waals surface area contributed by atoms with E-state index in [9.17, 15) is 18.0 Å². The number of carbonyl (C=O) groups excluding carboxylic acids is 2. The van der Waals surface area contributed by atoms with Gasteiger partial charge in [0.05, 0.1) is 23.6 Å². The molecule has 1 aliphatic rings. The van der Waals surface area contributed by atoms with Gasteiger partial charge in [0.25, 0.3) is 5.91 Å². The second-order valence-electron chi connectivity index (χ2n) is 8.04. The summed E-state index contributed by atoms with van der Waals surface area (Å²) >= 11 is 5.91. The Morgan fingerprint density at radius 3 is 2.44 bits per heavy atom. The Labute approximate surface area is 205 Å². The van der Waals surface area contributed by atoms with E-state index >= 15 is 0 Å². The molecule has 0 radical (unpaired) electrons. The smallest absolute Gasteiger partial charge is 0.253 e. The molecule has 0 saturated carbocycles. The molecule has 8 nitrogen and oxygen atoms in total. The number of benzene rings is 2. The molecule has 2 amide bonds. The first-order valence-electron chi connectivity index (χ1n) is 11.2. The zero-order valence-corrected chi connectivity index (χ0v) is 21.2. The zero-order chi connectivity index (χ0) is 24.9. The van der Waals surface area contributed by atoms with Crippen LogP contribution in [0.25, 0.3) is 0 Å². The van der Waals surface area contributed by atoms with E-state index in [1.807, 2.05) is 0 Å². The van der Waals surface area contributed by atoms with Gasteiger partial charge in [0.1, 0.15) is 5.75 Å². The summed E-state index contributed by atoms with van der Waals surface area (Å²) < 4.78 is 32.5. The van der Waals surface area contributed by atoms with E-state index in [2.05, 4.69) is 5.32 Å². The summed E-state index contributed by atoms with van der Waals surface area (Å²) in [6, 6.07) is 11.1. The zero-order valence-electron chi connectivity index (χ0n) is 19.6. The Morgan fingerprint density at radius 1 is 1.15 bits per heavy atom. The Balaban J connectivity index is 1.77. The van der Waals surface area contributed by atoms with Crippen molar-refractivity contribution >= 4 is 39.1 Å². The van der Waals surface area contributed by atoms with Gasteiger partial charge in [-0.2, -0.15) is 4.31 Å². The highest BCUT2D eigenvalue weighted by molar-refractivity contribution is 7.89. The normalized spacial score (nSPS) is 16.4. The number of hydrogen-bond donors (Lipinski definition) is 1. The fourth-order valence-electron chi connectivity index (χ4n) is 4.04. The summed E-state index contributed by atoms with van der Waals surface area (Å²) in [5.74, 6) is -0.516. The van der Waals surface area contributed by atoms with Crippen molar-refractivity contribution in [3.63, 3.8) is 0 Å². The number of nitrogens with one attached hydrogen (secondary N) is 1. The van der Waals surface area contributed by atoms with Crippen LogP contribution in [0.2, 0.25) is 5.02 Å². The van der Waals surface area contributed by atoms with Crippen LogP contribution in [0.4, 0.5) is 5.69 Å². The second kappa shape index (κ2) is 11.2. The molecule has 1 atom stereocenters. The van der Waals surface area contributed by atoms with Crippen molar-refractivity contribution < 1.29 is 22.7 Å². The number of hydrogen-bond acceptors (Lipinski definition) is 5. The predicted molar refractivity (Wildman–Crippen MR) is 132 cm³/mol. The van der Waals surface area contributed by atoms with Crippen molar-refractivity contribution in [2.24, 2.45) is 5.92 Å². The van der Waals surface area contributed by atoms with Gasteiger partial charge in [0.2, 0.25) is 15.9 Å². The molecule has 1 heterocycles. The molecule has 0 spiro atoms. The molecular weight excluding hydrogens is 478 g/mol. The van der Waals surface area contributed by atoms with Gasteiger partial charge >= 0.3 is 0 Å². The number of piperidine rings is 1. The molecule has 0 bridgehead atoms. The number of anilines is 1. The first-order valence-corrected chi connectivity index (χ1v) is 13.1. The third-order valence-corrected chi connectivity index (χ3v) is 8.24. The number of sulfonamides is 1. The lowest BCUT2D eigenvalue weighted by Crippen LogP contribution is -2.43. The van der Waals surface area contributed by atoms with Gasteiger partial charge in [-0.05, 0) is 55.3 Å². The van der Waals surface area contributed by atoms with Gasteiger partial charge < -0.3 is 15.0 Å². The van der Waals surface area contributed by atoms with E-state index in [4.69, 9.17) is 16.3 Å². The highest BCUT2D eigenvalue weighted by atomic mass is 35.5. The number of likely N-dealkylation sites (tertiary alicyclic amines) is 1. The Kier molecular flexibility index (Phi) is 8.57. The van der Waals surface area contributed by atoms with Crippen LogP contribution in [0.15, 0.2) is 47.4 Å². The average Bonchev–Trinajstić information content (AvgIpc) is 2.84. The molecule has 184 valence electrons. The van der Waals surface area contributed by atoms with E-state index < -0.39 is 15.9 Å². The maximum atomic E-state index is 13.1. The van der Waals surface area contributed by atoms with Crippen molar-refractivity contribution in [2.45, 2.75) is 31.6 Å². The lowest BCUT2D eigenvalue weighted by molar-refractivity contribution is -0.121. The summed E-state index contributed by atoms with van der Waals surface area (Å²) in [7, 11) is -2.24. The van der Waals surface area contributed by atoms with Gasteiger partial charge in [0, 0.05) is 36.8 Å². The third-order valence-electron chi connectivity index (χ3n) is 5.94. The van der Waals surface area contributed by atoms with Gasteiger partial charge in [0.15, 0.2) is 0 Å². The van der Waals surface area contributed by atoms with Crippen molar-refractivity contribution in [2.75, 3.05) is 38.6 Å². The summed E-state index contributed by atoms with van der Waals surface area (Å²) in [5.41, 5.74) is 0.795. The minimum Gasteiger partial charge on any atom is -0.495 e. The van der Waals surface area contributed by atoms with Crippen LogP contribution in [0.3, 0.4) is 0 Å². The summed E-state index contributed by atoms with van der Waals surface area (Å²) in [5, 5.41) is 3.37. The molecule has 2 aromatic carbocycles. The van der Waals surface area contributed by atoms with Gasteiger partial charge in [-0.1, -0.05) is 25.4 Å². The second-order valence-corrected chi connectivity index (χ2v) is 10.4. The van der Waals surface area contributed by atoms with E-state index in [-0.39, 0.29) is 28.9 Å². The Bertz CT molecular complexity index is 1130. The van der Waals surface area contributed by atoms with Crippen LogP contribution in [0.1, 0.15) is 37.0 Å². The van der Waals surface area contributed by atoms with Crippen LogP contribution in [0.5, 0.6) is 5.75 Å². The Hall–Kier alpha value is -2.62. The number of nitrogens with zero attached hydrogens (tertiary/aromatic N) is 2. The number of rotatable bonds is 8. The van der Waals surface area contributed by atoms with Crippen molar-refractivity contribution in [1.82, 2.24) is 9.21 Å². The highest BCUT2D eigenvalue weighted by Gasteiger charge is 2.30. The topological polar surface area (TPSA) is 96.0 Å². The number of carbonyl (C=O) groups is 2. The summed E-state index contributed by atoms with van der Waals surface area (Å²) in [6.45, 7) is 5.05. The maximum Gasteiger partial charge on any atom is 0.253 e. The molecule has 1 N–H and O–H groups in total. The van der Waals surface area contributed by atoms with E-state index in [1.54, 1.807) is 43.0 Å². The number of ether oxygens (including phenoxy) is 1. The molecule has 0 unspecified atom stereocenters. The molecule has 2 aromatic rings. The molecule has 3 rings (SSSR count). The molecular formula is C24H30ClN3O5S. The largest absolute Gasteiger partial charge is 0.495 e. The fraction of sp³-hybridized carbons (Fsp3) is 0.417. The van der Waals surface area contributed by atoms with Gasteiger partial charge in [-0.25, -0.2) is 8.42 Å². The lowest BCUT2D eigenvalue weighted by Gasteiger charge is -2.32. The van der Waals surface area contributed by atoms with E-state index in [0.29, 0.717) is 48.8 Å². The minimum absolute atomic E-state index is 0.0792. The third kappa shape index (κ3) is 5.71. The lowest BCUT2D eigenvalue weighted by atomic mass is 9.96. The maximum absolute atomic E-state index is 13.1. The number of halogens is 1. The van der Waals surface area contributed by atoms with Crippen molar-refractivity contribution in [3.05, 3.63) is 53.1 Å². The molecule has 0 aromatic heterocycles. The molecule has 1 fully saturated rings. The summed E-state index contributed by atoms with van der Waals surface area (Å²) in [4.78, 5) is 27.7. The first-order chi connectivity index (χ1) is 16.2. The van der Waals surface area contributed by atoms with Crippen molar-refractivity contribution in [1.29, 1.82) is 0 Å². The van der Waals surface area contributed by atoms with E-state index in [1.165, 1.54) is 29.6 Å². The molecule has 0 aliphatic carbocycles. The summed E-state index contributed by atoms with van der Waals surface area (Å²) in [6.07, 6.45) is 1.31. The van der Waals surface area contributed by atoms with Crippen LogP contribution >= 0.6 is 11.6 Å². The van der Waals surface area contributed by atoms with Crippen LogP contribution < -0.4 is 10.1 Å². The highest BCUT2D eigenvalue weighted by Crippen LogP contribution is 2.30.